The monoisotopic (exact) mass is 350 g/mol. The minimum absolute atomic E-state index is 0.331. The second-order valence-electron chi connectivity index (χ2n) is 5.57. The van der Waals surface area contributed by atoms with E-state index >= 15 is 0 Å². The lowest BCUT2D eigenvalue weighted by molar-refractivity contribution is 0.102. The average molecular weight is 351 g/mol. The Morgan fingerprint density at radius 2 is 2.00 bits per heavy atom. The maximum absolute atomic E-state index is 12.8. The van der Waals surface area contributed by atoms with Gasteiger partial charge in [0.25, 0.3) is 5.91 Å². The largest absolute Gasteiger partial charge is 0.360 e. The predicted octanol–water partition coefficient (Wildman–Crippen LogP) is 4.85. The molecule has 3 aromatic rings. The Morgan fingerprint density at radius 1 is 1.24 bits per heavy atom. The summed E-state index contributed by atoms with van der Waals surface area (Å²) in [5.74, 6) is 2.62. The summed E-state index contributed by atoms with van der Waals surface area (Å²) in [5.41, 5.74) is 3.64. The number of nitrogens with zero attached hydrogens (tertiary/aromatic N) is 1. The lowest BCUT2D eigenvalue weighted by Gasteiger charge is -2.09. The third-order valence-corrected chi connectivity index (χ3v) is 4.15. The zero-order valence-corrected chi connectivity index (χ0v) is 14.5. The van der Waals surface area contributed by atoms with Crippen molar-refractivity contribution in [3.8, 4) is 23.6 Å². The van der Waals surface area contributed by atoms with Crippen LogP contribution in [-0.4, -0.2) is 11.1 Å². The molecule has 2 aromatic carbocycles. The molecule has 1 N–H and O–H groups in total. The Labute approximate surface area is 150 Å². The Hall–Kier alpha value is -3.03. The molecule has 0 unspecified atom stereocenters. The molecule has 0 radical (unpaired) electrons. The first-order valence-electron chi connectivity index (χ1n) is 7.61. The number of hydrogen-bond acceptors (Lipinski definition) is 3. The van der Waals surface area contributed by atoms with Crippen LogP contribution in [0.15, 0.2) is 47.0 Å². The van der Waals surface area contributed by atoms with E-state index in [4.69, 9.17) is 22.5 Å². The van der Waals surface area contributed by atoms with Crippen molar-refractivity contribution in [2.45, 2.75) is 13.8 Å². The fraction of sp³-hybridized carbons (Fsp3) is 0.100. The summed E-state index contributed by atoms with van der Waals surface area (Å²) in [5, 5.41) is 7.39. The van der Waals surface area contributed by atoms with Gasteiger partial charge in [-0.15, -0.1) is 6.42 Å². The highest BCUT2D eigenvalue weighted by atomic mass is 35.5. The van der Waals surface area contributed by atoms with Gasteiger partial charge < -0.3 is 9.84 Å². The summed E-state index contributed by atoms with van der Waals surface area (Å²) in [6.07, 6.45) is 5.40. The summed E-state index contributed by atoms with van der Waals surface area (Å²) in [7, 11) is 0. The highest BCUT2D eigenvalue weighted by Crippen LogP contribution is 2.34. The number of benzene rings is 2. The summed E-state index contributed by atoms with van der Waals surface area (Å²) < 4.78 is 5.26. The van der Waals surface area contributed by atoms with Crippen molar-refractivity contribution in [2.75, 3.05) is 5.32 Å². The molecule has 5 heteroatoms. The van der Waals surface area contributed by atoms with Crippen LogP contribution in [0.1, 0.15) is 27.2 Å². The number of rotatable bonds is 3. The van der Waals surface area contributed by atoms with E-state index in [1.165, 1.54) is 0 Å². The maximum atomic E-state index is 12.8. The van der Waals surface area contributed by atoms with Crippen molar-refractivity contribution < 1.29 is 9.32 Å². The Bertz CT molecular complexity index is 979. The zero-order chi connectivity index (χ0) is 18.0. The molecule has 0 spiro atoms. The first-order chi connectivity index (χ1) is 12.0. The number of terminal acetylenes is 1. The van der Waals surface area contributed by atoms with E-state index in [9.17, 15) is 4.79 Å². The number of carbonyl (C=O) groups excluding carboxylic acids is 1. The molecule has 0 aliphatic carbocycles. The second-order valence-corrected chi connectivity index (χ2v) is 5.98. The zero-order valence-electron chi connectivity index (χ0n) is 13.8. The quantitative estimate of drug-likeness (QED) is 0.687. The van der Waals surface area contributed by atoms with Gasteiger partial charge in [-0.25, -0.2) is 0 Å². The van der Waals surface area contributed by atoms with E-state index in [1.807, 2.05) is 19.1 Å². The highest BCUT2D eigenvalue weighted by molar-refractivity contribution is 6.33. The minimum atomic E-state index is -0.331. The molecule has 4 nitrogen and oxygen atoms in total. The molecule has 1 amide bonds. The SMILES string of the molecule is C#Cc1cccc(NC(=O)c2c(-c3c(C)cccc3Cl)noc2C)c1. The molecular formula is C20H15ClN2O2. The fourth-order valence-corrected chi connectivity index (χ4v) is 2.93. The molecule has 25 heavy (non-hydrogen) atoms. The van der Waals surface area contributed by atoms with Gasteiger partial charge in [0.05, 0.1) is 5.02 Å². The molecule has 124 valence electrons. The Balaban J connectivity index is 2.02. The van der Waals surface area contributed by atoms with Gasteiger partial charge in [-0.2, -0.15) is 0 Å². The smallest absolute Gasteiger partial charge is 0.261 e. The summed E-state index contributed by atoms with van der Waals surface area (Å²) >= 11 is 6.31. The number of aromatic nitrogens is 1. The number of anilines is 1. The summed E-state index contributed by atoms with van der Waals surface area (Å²) in [4.78, 5) is 12.8. The van der Waals surface area contributed by atoms with Gasteiger partial charge in [0, 0.05) is 16.8 Å². The molecular weight excluding hydrogens is 336 g/mol. The van der Waals surface area contributed by atoms with Gasteiger partial charge in [0.15, 0.2) is 0 Å². The Kier molecular flexibility index (Phi) is 4.60. The van der Waals surface area contributed by atoms with Crippen LogP contribution in [0.5, 0.6) is 0 Å². The van der Waals surface area contributed by atoms with Crippen LogP contribution in [0.4, 0.5) is 5.69 Å². The first-order valence-corrected chi connectivity index (χ1v) is 7.99. The van der Waals surface area contributed by atoms with E-state index in [-0.39, 0.29) is 5.91 Å². The molecule has 0 saturated heterocycles. The van der Waals surface area contributed by atoms with Gasteiger partial charge in [0.2, 0.25) is 0 Å². The molecule has 0 bridgehead atoms. The molecule has 1 heterocycles. The van der Waals surface area contributed by atoms with Crippen LogP contribution in [0, 0.1) is 26.2 Å². The van der Waals surface area contributed by atoms with Gasteiger partial charge in [-0.05, 0) is 43.7 Å². The normalized spacial score (nSPS) is 10.3. The second kappa shape index (κ2) is 6.84. The highest BCUT2D eigenvalue weighted by Gasteiger charge is 2.24. The number of hydrogen-bond donors (Lipinski definition) is 1. The average Bonchev–Trinajstić information content (AvgIpc) is 2.96. The number of nitrogens with one attached hydrogen (secondary N) is 1. The van der Waals surface area contributed by atoms with E-state index in [0.29, 0.717) is 38.9 Å². The summed E-state index contributed by atoms with van der Waals surface area (Å²) in [6, 6.07) is 12.6. The lowest BCUT2D eigenvalue weighted by Crippen LogP contribution is -2.13. The number of halogens is 1. The number of aryl methyl sites for hydroxylation is 2. The van der Waals surface area contributed by atoms with E-state index in [1.54, 1.807) is 37.3 Å². The van der Waals surface area contributed by atoms with Crippen LogP contribution >= 0.6 is 11.6 Å². The lowest BCUT2D eigenvalue weighted by atomic mass is 10.0. The van der Waals surface area contributed by atoms with E-state index < -0.39 is 0 Å². The Morgan fingerprint density at radius 3 is 2.72 bits per heavy atom. The van der Waals surface area contributed by atoms with Gasteiger partial charge in [-0.1, -0.05) is 40.9 Å². The molecule has 0 atom stereocenters. The van der Waals surface area contributed by atoms with Crippen molar-refractivity contribution in [1.29, 1.82) is 0 Å². The van der Waals surface area contributed by atoms with Crippen molar-refractivity contribution in [2.24, 2.45) is 0 Å². The van der Waals surface area contributed by atoms with Crippen molar-refractivity contribution >= 4 is 23.2 Å². The fourth-order valence-electron chi connectivity index (χ4n) is 2.62. The predicted molar refractivity (Wildman–Crippen MR) is 98.8 cm³/mol. The van der Waals surface area contributed by atoms with Crippen molar-refractivity contribution in [3.05, 3.63) is 69.9 Å². The van der Waals surface area contributed by atoms with E-state index in [2.05, 4.69) is 16.4 Å². The van der Waals surface area contributed by atoms with Crippen molar-refractivity contribution in [3.63, 3.8) is 0 Å². The van der Waals surface area contributed by atoms with Gasteiger partial charge >= 0.3 is 0 Å². The summed E-state index contributed by atoms with van der Waals surface area (Å²) in [6.45, 7) is 3.60. The molecule has 0 aliphatic heterocycles. The third-order valence-electron chi connectivity index (χ3n) is 3.84. The maximum Gasteiger partial charge on any atom is 0.261 e. The standard InChI is InChI=1S/C20H15ClN2O2/c1-4-14-8-6-9-15(11-14)22-20(24)18-13(3)25-23-19(18)17-12(2)7-5-10-16(17)21/h1,5-11H,2-3H3,(H,22,24). The van der Waals surface area contributed by atoms with Crippen molar-refractivity contribution in [1.82, 2.24) is 5.16 Å². The van der Waals surface area contributed by atoms with Crippen LogP contribution in [-0.2, 0) is 0 Å². The molecule has 0 fully saturated rings. The molecule has 3 rings (SSSR count). The number of carbonyl (C=O) groups is 1. The van der Waals surface area contributed by atoms with E-state index in [0.717, 1.165) is 5.56 Å². The molecule has 0 aliphatic rings. The van der Waals surface area contributed by atoms with Gasteiger partial charge in [-0.3, -0.25) is 4.79 Å². The van der Waals surface area contributed by atoms with Crippen LogP contribution in [0.3, 0.4) is 0 Å². The number of amides is 1. The molecule has 0 saturated carbocycles. The van der Waals surface area contributed by atoms with Crippen LogP contribution in [0.25, 0.3) is 11.3 Å². The van der Waals surface area contributed by atoms with Crippen LogP contribution in [0.2, 0.25) is 5.02 Å². The minimum Gasteiger partial charge on any atom is -0.360 e. The third kappa shape index (κ3) is 3.28. The van der Waals surface area contributed by atoms with Gasteiger partial charge in [0.1, 0.15) is 17.0 Å². The topological polar surface area (TPSA) is 55.1 Å². The van der Waals surface area contributed by atoms with Crippen LogP contribution < -0.4 is 5.32 Å². The first kappa shape index (κ1) is 16.8. The molecule has 1 aromatic heterocycles.